The van der Waals surface area contributed by atoms with Crippen LogP contribution in [0, 0.1) is 11.7 Å². The molecule has 1 heterocycles. The monoisotopic (exact) mass is 404 g/mol. The molecule has 1 fully saturated rings. The first-order valence-electron chi connectivity index (χ1n) is 9.43. The van der Waals surface area contributed by atoms with Crippen LogP contribution in [0.15, 0.2) is 54.6 Å². The zero-order chi connectivity index (χ0) is 20.1. The fraction of sp³-hybridized carbons (Fsp3) is 0.381. The van der Waals surface area contributed by atoms with Crippen LogP contribution in [0.4, 0.5) is 4.39 Å². The van der Waals surface area contributed by atoms with Crippen LogP contribution in [-0.2, 0) is 20.6 Å². The zero-order valence-electron chi connectivity index (χ0n) is 15.8. The minimum absolute atomic E-state index is 0.0215. The van der Waals surface area contributed by atoms with Gasteiger partial charge < -0.3 is 5.32 Å². The maximum absolute atomic E-state index is 13.0. The molecule has 2 aromatic rings. The predicted molar refractivity (Wildman–Crippen MR) is 106 cm³/mol. The third kappa shape index (κ3) is 5.17. The molecular formula is C21H25FN2O3S. The number of hydrogen-bond acceptors (Lipinski definition) is 3. The lowest BCUT2D eigenvalue weighted by Gasteiger charge is -2.31. The standard InChI is InChI=1S/C21H25FN2O3S/c1-16(18-7-9-20(22)10-8-18)23-21(25)19-11-13-24(14-12-19)28(26,27)15-17-5-3-2-4-6-17/h2-10,16,19H,11-15H2,1H3,(H,23,25)/t16-/m1/s1. The summed E-state index contributed by atoms with van der Waals surface area (Å²) in [6, 6.07) is 14.9. The molecule has 150 valence electrons. The molecule has 1 amide bonds. The summed E-state index contributed by atoms with van der Waals surface area (Å²) in [5, 5.41) is 2.95. The zero-order valence-corrected chi connectivity index (χ0v) is 16.7. The molecule has 3 rings (SSSR count). The van der Waals surface area contributed by atoms with E-state index in [1.807, 2.05) is 25.1 Å². The second-order valence-corrected chi connectivity index (χ2v) is 9.17. The van der Waals surface area contributed by atoms with Gasteiger partial charge in [-0.05, 0) is 43.0 Å². The number of sulfonamides is 1. The highest BCUT2D eigenvalue weighted by Gasteiger charge is 2.31. The van der Waals surface area contributed by atoms with Gasteiger partial charge in [0.1, 0.15) is 5.82 Å². The van der Waals surface area contributed by atoms with Crippen molar-refractivity contribution < 1.29 is 17.6 Å². The van der Waals surface area contributed by atoms with E-state index in [9.17, 15) is 17.6 Å². The van der Waals surface area contributed by atoms with Crippen molar-refractivity contribution in [1.29, 1.82) is 0 Å². The van der Waals surface area contributed by atoms with Gasteiger partial charge in [0.25, 0.3) is 0 Å². The van der Waals surface area contributed by atoms with Gasteiger partial charge in [0, 0.05) is 19.0 Å². The van der Waals surface area contributed by atoms with E-state index in [0.717, 1.165) is 11.1 Å². The fourth-order valence-corrected chi connectivity index (χ4v) is 5.00. The molecule has 1 aliphatic heterocycles. The second kappa shape index (κ2) is 8.84. The predicted octanol–water partition coefficient (Wildman–Crippen LogP) is 3.24. The second-order valence-electron chi connectivity index (χ2n) is 7.20. The lowest BCUT2D eigenvalue weighted by Crippen LogP contribution is -2.43. The number of rotatable bonds is 6. The van der Waals surface area contributed by atoms with Crippen LogP contribution in [0.5, 0.6) is 0 Å². The number of carbonyl (C=O) groups is 1. The summed E-state index contributed by atoms with van der Waals surface area (Å²) >= 11 is 0. The molecule has 1 N–H and O–H groups in total. The van der Waals surface area contributed by atoms with E-state index >= 15 is 0 Å². The third-order valence-corrected chi connectivity index (χ3v) is 6.99. The molecule has 1 aliphatic rings. The quantitative estimate of drug-likeness (QED) is 0.804. The summed E-state index contributed by atoms with van der Waals surface area (Å²) in [6.07, 6.45) is 0.992. The average Bonchev–Trinajstić information content (AvgIpc) is 2.69. The molecular weight excluding hydrogens is 379 g/mol. The van der Waals surface area contributed by atoms with Crippen molar-refractivity contribution in [3.63, 3.8) is 0 Å². The first-order valence-corrected chi connectivity index (χ1v) is 11.0. The summed E-state index contributed by atoms with van der Waals surface area (Å²) in [5.74, 6) is -0.638. The number of carbonyl (C=O) groups excluding carboxylic acids is 1. The highest BCUT2D eigenvalue weighted by atomic mass is 32.2. The van der Waals surface area contributed by atoms with Crippen LogP contribution in [0.25, 0.3) is 0 Å². The maximum Gasteiger partial charge on any atom is 0.223 e. The first kappa shape index (κ1) is 20.5. The Kier molecular flexibility index (Phi) is 6.46. The Morgan fingerprint density at radius 1 is 1.11 bits per heavy atom. The largest absolute Gasteiger partial charge is 0.349 e. The lowest BCUT2D eigenvalue weighted by molar-refractivity contribution is -0.126. The first-order chi connectivity index (χ1) is 13.3. The van der Waals surface area contributed by atoms with Gasteiger partial charge in [-0.3, -0.25) is 4.79 Å². The molecule has 0 aromatic heterocycles. The normalized spacial score (nSPS) is 17.2. The number of nitrogens with zero attached hydrogens (tertiary/aromatic N) is 1. The van der Waals surface area contributed by atoms with Crippen LogP contribution in [0.1, 0.15) is 36.9 Å². The minimum atomic E-state index is -3.39. The molecule has 0 saturated carbocycles. The van der Waals surface area contributed by atoms with Gasteiger partial charge in [0.05, 0.1) is 11.8 Å². The molecule has 1 saturated heterocycles. The Morgan fingerprint density at radius 3 is 2.32 bits per heavy atom. The smallest absolute Gasteiger partial charge is 0.223 e. The van der Waals surface area contributed by atoms with Gasteiger partial charge in [-0.2, -0.15) is 0 Å². The van der Waals surface area contributed by atoms with Gasteiger partial charge >= 0.3 is 0 Å². The van der Waals surface area contributed by atoms with Gasteiger partial charge in [0.15, 0.2) is 0 Å². The third-order valence-electron chi connectivity index (χ3n) is 5.14. The van der Waals surface area contributed by atoms with E-state index in [2.05, 4.69) is 5.32 Å². The molecule has 2 aromatic carbocycles. The van der Waals surface area contributed by atoms with Crippen molar-refractivity contribution in [3.05, 3.63) is 71.5 Å². The number of benzene rings is 2. The highest BCUT2D eigenvalue weighted by molar-refractivity contribution is 7.88. The maximum atomic E-state index is 13.0. The van der Waals surface area contributed by atoms with Crippen molar-refractivity contribution in [2.45, 2.75) is 31.6 Å². The van der Waals surface area contributed by atoms with Crippen molar-refractivity contribution in [1.82, 2.24) is 9.62 Å². The Hall–Kier alpha value is -2.25. The van der Waals surface area contributed by atoms with Crippen molar-refractivity contribution in [2.75, 3.05) is 13.1 Å². The summed E-state index contributed by atoms with van der Waals surface area (Å²) in [5.41, 5.74) is 1.59. The van der Waals surface area contributed by atoms with Gasteiger partial charge in [0.2, 0.25) is 15.9 Å². The van der Waals surface area contributed by atoms with E-state index in [1.54, 1.807) is 24.3 Å². The fourth-order valence-electron chi connectivity index (χ4n) is 3.44. The van der Waals surface area contributed by atoms with Crippen molar-refractivity contribution in [3.8, 4) is 0 Å². The molecule has 0 bridgehead atoms. The lowest BCUT2D eigenvalue weighted by atomic mass is 9.96. The van der Waals surface area contributed by atoms with Crippen LogP contribution in [-0.4, -0.2) is 31.7 Å². The van der Waals surface area contributed by atoms with Gasteiger partial charge in [-0.1, -0.05) is 42.5 Å². The highest BCUT2D eigenvalue weighted by Crippen LogP contribution is 2.23. The van der Waals surface area contributed by atoms with Crippen molar-refractivity contribution >= 4 is 15.9 Å². The van der Waals surface area contributed by atoms with Crippen LogP contribution in [0.2, 0.25) is 0 Å². The number of halogens is 1. The number of hydrogen-bond donors (Lipinski definition) is 1. The number of piperidine rings is 1. The molecule has 5 nitrogen and oxygen atoms in total. The molecule has 0 unspecified atom stereocenters. The molecule has 1 atom stereocenters. The van der Waals surface area contributed by atoms with Crippen molar-refractivity contribution in [2.24, 2.45) is 5.92 Å². The molecule has 0 radical (unpaired) electrons. The minimum Gasteiger partial charge on any atom is -0.349 e. The van der Waals surface area contributed by atoms with Gasteiger partial charge in [-0.15, -0.1) is 0 Å². The van der Waals surface area contributed by atoms with Gasteiger partial charge in [-0.25, -0.2) is 17.1 Å². The molecule has 7 heteroatoms. The van der Waals surface area contributed by atoms with E-state index < -0.39 is 10.0 Å². The summed E-state index contributed by atoms with van der Waals surface area (Å²) < 4.78 is 39.7. The molecule has 0 aliphatic carbocycles. The van der Waals surface area contributed by atoms with E-state index in [1.165, 1.54) is 16.4 Å². The van der Waals surface area contributed by atoms with Crippen LogP contribution >= 0.6 is 0 Å². The van der Waals surface area contributed by atoms with E-state index in [0.29, 0.717) is 25.9 Å². The van der Waals surface area contributed by atoms with E-state index in [-0.39, 0.29) is 29.4 Å². The number of amides is 1. The van der Waals surface area contributed by atoms with Crippen LogP contribution in [0.3, 0.4) is 0 Å². The molecule has 28 heavy (non-hydrogen) atoms. The SMILES string of the molecule is C[C@@H](NC(=O)C1CCN(S(=O)(=O)Cc2ccccc2)CC1)c1ccc(F)cc1. The van der Waals surface area contributed by atoms with E-state index in [4.69, 9.17) is 0 Å². The molecule has 0 spiro atoms. The topological polar surface area (TPSA) is 66.5 Å². The van der Waals surface area contributed by atoms with Crippen LogP contribution < -0.4 is 5.32 Å². The Labute approximate surface area is 165 Å². The Balaban J connectivity index is 1.53. The average molecular weight is 405 g/mol. The Morgan fingerprint density at radius 2 is 1.71 bits per heavy atom. The summed E-state index contributed by atoms with van der Waals surface area (Å²) in [7, 11) is -3.39. The summed E-state index contributed by atoms with van der Waals surface area (Å²) in [6.45, 7) is 2.54. The summed E-state index contributed by atoms with van der Waals surface area (Å²) in [4.78, 5) is 12.5. The Bertz CT molecular complexity index is 893. The number of nitrogens with one attached hydrogen (secondary N) is 1.